The molecule has 124 valence electrons. The highest BCUT2D eigenvalue weighted by atomic mass is 16.5. The lowest BCUT2D eigenvalue weighted by atomic mass is 10.1. The van der Waals surface area contributed by atoms with Crippen LogP contribution in [0.4, 0.5) is 5.82 Å². The molecule has 1 aromatic carbocycles. The summed E-state index contributed by atoms with van der Waals surface area (Å²) in [6.45, 7) is 10.6. The van der Waals surface area contributed by atoms with Crippen LogP contribution in [0, 0.1) is 6.92 Å². The first-order valence-electron chi connectivity index (χ1n) is 8.60. The van der Waals surface area contributed by atoms with E-state index in [0.717, 1.165) is 43.9 Å². The number of para-hydroxylation sites is 1. The Bertz CT molecular complexity index is 648. The standard InChI is InChI=1S/C19H27N3O/c1-14-11-19(21-18-8-5-4-7-17(14)18)20-9-6-10-22-12-15(2)23-16(3)13-22/h4-5,7-8,11,15-16H,6,9-10,12-13H2,1-3H3,(H,20,21). The molecule has 2 unspecified atom stereocenters. The molecule has 1 fully saturated rings. The van der Waals surface area contributed by atoms with Gasteiger partial charge in [0, 0.05) is 31.6 Å². The van der Waals surface area contributed by atoms with Crippen molar-refractivity contribution in [3.8, 4) is 0 Å². The van der Waals surface area contributed by atoms with E-state index in [9.17, 15) is 0 Å². The number of nitrogens with one attached hydrogen (secondary N) is 1. The molecule has 2 heterocycles. The number of hydrogen-bond acceptors (Lipinski definition) is 4. The summed E-state index contributed by atoms with van der Waals surface area (Å²) in [5.41, 5.74) is 2.33. The van der Waals surface area contributed by atoms with Gasteiger partial charge in [-0.1, -0.05) is 18.2 Å². The highest BCUT2D eigenvalue weighted by Crippen LogP contribution is 2.19. The number of pyridine rings is 1. The Morgan fingerprint density at radius 2 is 1.96 bits per heavy atom. The maximum absolute atomic E-state index is 5.78. The highest BCUT2D eigenvalue weighted by Gasteiger charge is 2.21. The van der Waals surface area contributed by atoms with Crippen LogP contribution in [0.15, 0.2) is 30.3 Å². The number of aromatic nitrogens is 1. The van der Waals surface area contributed by atoms with Crippen LogP contribution in [0.2, 0.25) is 0 Å². The van der Waals surface area contributed by atoms with E-state index >= 15 is 0 Å². The van der Waals surface area contributed by atoms with Gasteiger partial charge < -0.3 is 10.1 Å². The summed E-state index contributed by atoms with van der Waals surface area (Å²) in [5.74, 6) is 0.977. The molecule has 23 heavy (non-hydrogen) atoms. The minimum Gasteiger partial charge on any atom is -0.373 e. The van der Waals surface area contributed by atoms with Gasteiger partial charge >= 0.3 is 0 Å². The highest BCUT2D eigenvalue weighted by molar-refractivity contribution is 5.83. The number of nitrogens with zero attached hydrogens (tertiary/aromatic N) is 2. The van der Waals surface area contributed by atoms with E-state index in [1.807, 2.05) is 6.07 Å². The largest absolute Gasteiger partial charge is 0.373 e. The summed E-state index contributed by atoms with van der Waals surface area (Å²) in [5, 5.41) is 4.70. The third-order valence-corrected chi connectivity index (χ3v) is 4.38. The van der Waals surface area contributed by atoms with Crippen LogP contribution >= 0.6 is 0 Å². The second-order valence-electron chi connectivity index (χ2n) is 6.64. The minimum absolute atomic E-state index is 0.344. The Labute approximate surface area is 138 Å². The predicted octanol–water partition coefficient (Wildman–Crippen LogP) is 3.45. The molecule has 2 aromatic rings. The van der Waals surface area contributed by atoms with E-state index in [0.29, 0.717) is 12.2 Å². The number of morpholine rings is 1. The Kier molecular flexibility index (Phi) is 5.13. The maximum Gasteiger partial charge on any atom is 0.126 e. The molecule has 0 aliphatic carbocycles. The molecule has 4 heteroatoms. The van der Waals surface area contributed by atoms with Crippen LogP contribution in [0.25, 0.3) is 10.9 Å². The van der Waals surface area contributed by atoms with Gasteiger partial charge in [-0.2, -0.15) is 0 Å². The summed E-state index contributed by atoms with van der Waals surface area (Å²) < 4.78 is 5.78. The van der Waals surface area contributed by atoms with Crippen molar-refractivity contribution in [1.29, 1.82) is 0 Å². The molecule has 1 aliphatic heterocycles. The topological polar surface area (TPSA) is 37.4 Å². The molecule has 3 rings (SSSR count). The van der Waals surface area contributed by atoms with E-state index in [1.54, 1.807) is 0 Å². The summed E-state index contributed by atoms with van der Waals surface area (Å²) in [4.78, 5) is 7.20. The van der Waals surface area contributed by atoms with E-state index in [-0.39, 0.29) is 0 Å². The van der Waals surface area contributed by atoms with Gasteiger partial charge in [0.25, 0.3) is 0 Å². The maximum atomic E-state index is 5.78. The second-order valence-corrected chi connectivity index (χ2v) is 6.64. The van der Waals surface area contributed by atoms with Crippen molar-refractivity contribution in [2.24, 2.45) is 0 Å². The fourth-order valence-corrected chi connectivity index (χ4v) is 3.43. The fraction of sp³-hybridized carbons (Fsp3) is 0.526. The number of fused-ring (bicyclic) bond motifs is 1. The van der Waals surface area contributed by atoms with Gasteiger partial charge in [-0.15, -0.1) is 0 Å². The summed E-state index contributed by atoms with van der Waals surface area (Å²) in [7, 11) is 0. The number of hydrogen-bond donors (Lipinski definition) is 1. The van der Waals surface area contributed by atoms with Gasteiger partial charge in [-0.3, -0.25) is 4.90 Å². The summed E-state index contributed by atoms with van der Waals surface area (Å²) in [6, 6.07) is 10.4. The molecule has 2 atom stereocenters. The third-order valence-electron chi connectivity index (χ3n) is 4.38. The number of aryl methyl sites for hydroxylation is 1. The van der Waals surface area contributed by atoms with Crippen molar-refractivity contribution in [2.45, 2.75) is 39.4 Å². The molecular weight excluding hydrogens is 286 g/mol. The minimum atomic E-state index is 0.344. The molecule has 0 amide bonds. The summed E-state index contributed by atoms with van der Waals surface area (Å²) >= 11 is 0. The van der Waals surface area contributed by atoms with E-state index in [4.69, 9.17) is 9.72 Å². The molecule has 0 spiro atoms. The van der Waals surface area contributed by atoms with Gasteiger partial charge in [0.2, 0.25) is 0 Å². The first kappa shape index (κ1) is 16.2. The third kappa shape index (κ3) is 4.21. The van der Waals surface area contributed by atoms with Crippen molar-refractivity contribution < 1.29 is 4.74 Å². The first-order valence-corrected chi connectivity index (χ1v) is 8.60. The van der Waals surface area contributed by atoms with Crippen molar-refractivity contribution in [1.82, 2.24) is 9.88 Å². The van der Waals surface area contributed by atoms with Gasteiger partial charge in [-0.25, -0.2) is 4.98 Å². The molecular formula is C19H27N3O. The van der Waals surface area contributed by atoms with Gasteiger partial charge in [0.15, 0.2) is 0 Å². The lowest BCUT2D eigenvalue weighted by Crippen LogP contribution is -2.45. The molecule has 0 bridgehead atoms. The van der Waals surface area contributed by atoms with Crippen LogP contribution in [-0.4, -0.2) is 48.3 Å². The average Bonchev–Trinajstić information content (AvgIpc) is 2.51. The number of ether oxygens (including phenoxy) is 1. The van der Waals surface area contributed by atoms with Gasteiger partial charge in [0.05, 0.1) is 17.7 Å². The van der Waals surface area contributed by atoms with Gasteiger partial charge in [-0.05, 0) is 44.9 Å². The molecule has 4 nitrogen and oxygen atoms in total. The smallest absolute Gasteiger partial charge is 0.126 e. The Hall–Kier alpha value is -1.65. The first-order chi connectivity index (χ1) is 11.1. The second kappa shape index (κ2) is 7.28. The van der Waals surface area contributed by atoms with Crippen molar-refractivity contribution >= 4 is 16.7 Å². The lowest BCUT2D eigenvalue weighted by molar-refractivity contribution is -0.0678. The zero-order valence-corrected chi connectivity index (χ0v) is 14.4. The van der Waals surface area contributed by atoms with Crippen LogP contribution in [0.3, 0.4) is 0 Å². The number of anilines is 1. The Balaban J connectivity index is 1.51. The number of rotatable bonds is 5. The zero-order chi connectivity index (χ0) is 16.2. The van der Waals surface area contributed by atoms with Crippen molar-refractivity contribution in [3.63, 3.8) is 0 Å². The van der Waals surface area contributed by atoms with E-state index < -0.39 is 0 Å². The molecule has 0 radical (unpaired) electrons. The van der Waals surface area contributed by atoms with Crippen LogP contribution < -0.4 is 5.32 Å². The van der Waals surface area contributed by atoms with Crippen molar-refractivity contribution in [3.05, 3.63) is 35.9 Å². The van der Waals surface area contributed by atoms with Crippen LogP contribution in [-0.2, 0) is 4.74 Å². The predicted molar refractivity (Wildman–Crippen MR) is 96.0 cm³/mol. The van der Waals surface area contributed by atoms with Crippen molar-refractivity contribution in [2.75, 3.05) is 31.5 Å². The van der Waals surface area contributed by atoms with Crippen LogP contribution in [0.5, 0.6) is 0 Å². The van der Waals surface area contributed by atoms with Gasteiger partial charge in [0.1, 0.15) is 5.82 Å². The van der Waals surface area contributed by atoms with E-state index in [1.165, 1.54) is 10.9 Å². The molecule has 1 aliphatic rings. The number of benzene rings is 1. The van der Waals surface area contributed by atoms with Crippen LogP contribution in [0.1, 0.15) is 25.8 Å². The molecule has 0 saturated carbocycles. The normalized spacial score (nSPS) is 22.4. The fourth-order valence-electron chi connectivity index (χ4n) is 3.43. The zero-order valence-electron chi connectivity index (χ0n) is 14.4. The average molecular weight is 313 g/mol. The summed E-state index contributed by atoms with van der Waals surface area (Å²) in [6.07, 6.45) is 1.81. The van der Waals surface area contributed by atoms with E-state index in [2.05, 4.69) is 55.3 Å². The molecule has 1 aromatic heterocycles. The SMILES string of the molecule is Cc1cc(NCCCN2CC(C)OC(C)C2)nc2ccccc12. The Morgan fingerprint density at radius 3 is 2.74 bits per heavy atom. The molecule has 1 N–H and O–H groups in total. The quantitative estimate of drug-likeness (QED) is 0.858. The Morgan fingerprint density at radius 1 is 1.22 bits per heavy atom. The monoisotopic (exact) mass is 313 g/mol. The molecule has 1 saturated heterocycles. The lowest BCUT2D eigenvalue weighted by Gasteiger charge is -2.35.